The first-order valence-electron chi connectivity index (χ1n) is 6.61. The normalized spacial score (nSPS) is 12.6. The predicted octanol–water partition coefficient (Wildman–Crippen LogP) is 4.25. The molecule has 3 heteroatoms. The van der Waals surface area contributed by atoms with Crippen LogP contribution in [0.3, 0.4) is 0 Å². The zero-order valence-electron chi connectivity index (χ0n) is 12.2. The largest absolute Gasteiger partial charge is 0.320 e. The molecule has 0 saturated heterocycles. The Morgan fingerprint density at radius 2 is 1.30 bits per heavy atom. The van der Waals surface area contributed by atoms with E-state index in [1.54, 1.807) is 0 Å². The first kappa shape index (κ1) is 14.7. The molecular weight excluding hydrogens is 256 g/mol. The first-order valence-corrected chi connectivity index (χ1v) is 6.61. The van der Waals surface area contributed by atoms with Gasteiger partial charge < -0.3 is 5.73 Å². The predicted molar refractivity (Wildman–Crippen MR) is 77.8 cm³/mol. The van der Waals surface area contributed by atoms with Crippen molar-refractivity contribution in [2.75, 3.05) is 0 Å². The van der Waals surface area contributed by atoms with E-state index < -0.39 is 17.7 Å². The average molecular weight is 275 g/mol. The zero-order valence-corrected chi connectivity index (χ0v) is 12.2. The van der Waals surface area contributed by atoms with Gasteiger partial charge in [0, 0.05) is 5.56 Å². The Morgan fingerprint density at radius 1 is 0.850 bits per heavy atom. The van der Waals surface area contributed by atoms with Gasteiger partial charge in [0.1, 0.15) is 11.6 Å². The molecule has 0 spiro atoms. The molecule has 0 radical (unpaired) electrons. The van der Waals surface area contributed by atoms with Gasteiger partial charge in [-0.2, -0.15) is 0 Å². The molecule has 2 aromatic carbocycles. The van der Waals surface area contributed by atoms with Crippen LogP contribution in [0.4, 0.5) is 8.78 Å². The molecule has 1 atom stereocenters. The summed E-state index contributed by atoms with van der Waals surface area (Å²) in [5.41, 5.74) is 11.1. The summed E-state index contributed by atoms with van der Waals surface area (Å²) in [5.74, 6) is -1.20. The van der Waals surface area contributed by atoms with Crippen molar-refractivity contribution in [3.05, 3.63) is 69.3 Å². The lowest BCUT2D eigenvalue weighted by Crippen LogP contribution is -2.19. The van der Waals surface area contributed by atoms with Crippen LogP contribution in [0.2, 0.25) is 0 Å². The van der Waals surface area contributed by atoms with E-state index in [1.165, 1.54) is 18.2 Å². The smallest absolute Gasteiger partial charge is 0.131 e. The molecule has 20 heavy (non-hydrogen) atoms. The first-order chi connectivity index (χ1) is 9.34. The van der Waals surface area contributed by atoms with Crippen LogP contribution in [0, 0.1) is 39.3 Å². The Balaban J connectivity index is 2.69. The van der Waals surface area contributed by atoms with Crippen LogP contribution >= 0.6 is 0 Å². The third-order valence-corrected chi connectivity index (χ3v) is 4.05. The highest BCUT2D eigenvalue weighted by Crippen LogP contribution is 2.32. The molecule has 0 aliphatic rings. The molecular formula is C17H19F2N. The molecule has 2 rings (SSSR count). The van der Waals surface area contributed by atoms with Gasteiger partial charge in [-0.1, -0.05) is 12.1 Å². The fraction of sp³-hybridized carbons (Fsp3) is 0.294. The minimum Gasteiger partial charge on any atom is -0.320 e. The molecule has 0 aliphatic carbocycles. The Bertz CT molecular complexity index is 616. The monoisotopic (exact) mass is 275 g/mol. The van der Waals surface area contributed by atoms with E-state index in [2.05, 4.69) is 6.07 Å². The number of rotatable bonds is 2. The molecule has 0 aliphatic heterocycles. The van der Waals surface area contributed by atoms with Crippen molar-refractivity contribution in [2.45, 2.75) is 33.7 Å². The SMILES string of the molecule is Cc1cc(C)c(C)c(C(N)c2c(F)cccc2F)c1C. The molecule has 1 nitrogen and oxygen atoms in total. The highest BCUT2D eigenvalue weighted by molar-refractivity contribution is 5.49. The van der Waals surface area contributed by atoms with Gasteiger partial charge in [-0.3, -0.25) is 0 Å². The van der Waals surface area contributed by atoms with Crippen LogP contribution in [0.15, 0.2) is 24.3 Å². The van der Waals surface area contributed by atoms with E-state index >= 15 is 0 Å². The van der Waals surface area contributed by atoms with Gasteiger partial charge in [0.15, 0.2) is 0 Å². The molecule has 2 N–H and O–H groups in total. The summed E-state index contributed by atoms with van der Waals surface area (Å²) >= 11 is 0. The van der Waals surface area contributed by atoms with E-state index in [4.69, 9.17) is 5.73 Å². The topological polar surface area (TPSA) is 26.0 Å². The lowest BCUT2D eigenvalue weighted by molar-refractivity contribution is 0.542. The number of hydrogen-bond donors (Lipinski definition) is 1. The lowest BCUT2D eigenvalue weighted by atomic mass is 9.87. The van der Waals surface area contributed by atoms with Crippen molar-refractivity contribution in [2.24, 2.45) is 5.73 Å². The molecule has 0 fully saturated rings. The Morgan fingerprint density at radius 3 is 1.75 bits per heavy atom. The molecule has 2 aromatic rings. The quantitative estimate of drug-likeness (QED) is 0.871. The van der Waals surface area contributed by atoms with Gasteiger partial charge in [0.05, 0.1) is 6.04 Å². The molecule has 0 aromatic heterocycles. The fourth-order valence-electron chi connectivity index (χ4n) is 2.67. The summed E-state index contributed by atoms with van der Waals surface area (Å²) in [7, 11) is 0. The zero-order chi connectivity index (χ0) is 15.0. The maximum atomic E-state index is 13.9. The number of hydrogen-bond acceptors (Lipinski definition) is 1. The highest BCUT2D eigenvalue weighted by Gasteiger charge is 2.22. The third-order valence-electron chi connectivity index (χ3n) is 4.05. The van der Waals surface area contributed by atoms with Crippen LogP contribution in [-0.2, 0) is 0 Å². The van der Waals surface area contributed by atoms with E-state index in [9.17, 15) is 8.78 Å². The van der Waals surface area contributed by atoms with E-state index in [0.717, 1.165) is 27.8 Å². The van der Waals surface area contributed by atoms with Crippen LogP contribution in [0.5, 0.6) is 0 Å². The molecule has 1 unspecified atom stereocenters. The summed E-state index contributed by atoms with van der Waals surface area (Å²) in [4.78, 5) is 0. The number of benzene rings is 2. The third kappa shape index (κ3) is 2.34. The van der Waals surface area contributed by atoms with Crippen LogP contribution < -0.4 is 5.73 Å². The number of aryl methyl sites for hydroxylation is 2. The van der Waals surface area contributed by atoms with Gasteiger partial charge in [0.2, 0.25) is 0 Å². The Hall–Kier alpha value is -1.74. The van der Waals surface area contributed by atoms with Crippen molar-refractivity contribution >= 4 is 0 Å². The van der Waals surface area contributed by atoms with Crippen molar-refractivity contribution in [3.63, 3.8) is 0 Å². The van der Waals surface area contributed by atoms with Gasteiger partial charge in [-0.05, 0) is 67.6 Å². The second-order valence-electron chi connectivity index (χ2n) is 5.29. The number of halogens is 2. The van der Waals surface area contributed by atoms with Crippen LogP contribution in [-0.4, -0.2) is 0 Å². The minimum absolute atomic E-state index is 0.0660. The molecule has 0 saturated carbocycles. The Kier molecular flexibility index (Phi) is 3.91. The van der Waals surface area contributed by atoms with E-state index in [-0.39, 0.29) is 5.56 Å². The standard InChI is InChI=1S/C17H19F2N/c1-9-8-10(2)12(4)15(11(9)3)17(20)16-13(18)6-5-7-14(16)19/h5-8,17H,20H2,1-4H3. The molecule has 0 amide bonds. The van der Waals surface area contributed by atoms with Crippen LogP contribution in [0.25, 0.3) is 0 Å². The van der Waals surface area contributed by atoms with Gasteiger partial charge >= 0.3 is 0 Å². The van der Waals surface area contributed by atoms with Crippen molar-refractivity contribution in [1.82, 2.24) is 0 Å². The lowest BCUT2D eigenvalue weighted by Gasteiger charge is -2.22. The summed E-state index contributed by atoms with van der Waals surface area (Å²) < 4.78 is 27.9. The highest BCUT2D eigenvalue weighted by atomic mass is 19.1. The van der Waals surface area contributed by atoms with Crippen molar-refractivity contribution in [3.8, 4) is 0 Å². The van der Waals surface area contributed by atoms with Gasteiger partial charge in [-0.25, -0.2) is 8.78 Å². The van der Waals surface area contributed by atoms with E-state index in [1.807, 2.05) is 27.7 Å². The average Bonchev–Trinajstić information content (AvgIpc) is 2.36. The molecule has 106 valence electrons. The summed E-state index contributed by atoms with van der Waals surface area (Å²) in [6, 6.07) is 5.10. The maximum absolute atomic E-state index is 13.9. The fourth-order valence-corrected chi connectivity index (χ4v) is 2.67. The minimum atomic E-state index is -0.796. The maximum Gasteiger partial charge on any atom is 0.131 e. The summed E-state index contributed by atoms with van der Waals surface area (Å²) in [6.45, 7) is 7.84. The summed E-state index contributed by atoms with van der Waals surface area (Å²) in [5, 5.41) is 0. The van der Waals surface area contributed by atoms with E-state index in [0.29, 0.717) is 0 Å². The Labute approximate surface area is 118 Å². The molecule has 0 heterocycles. The second kappa shape index (κ2) is 5.33. The van der Waals surface area contributed by atoms with Crippen molar-refractivity contribution < 1.29 is 8.78 Å². The van der Waals surface area contributed by atoms with Gasteiger partial charge in [-0.15, -0.1) is 0 Å². The van der Waals surface area contributed by atoms with Gasteiger partial charge in [0.25, 0.3) is 0 Å². The molecule has 0 bridgehead atoms. The van der Waals surface area contributed by atoms with Crippen molar-refractivity contribution in [1.29, 1.82) is 0 Å². The van der Waals surface area contributed by atoms with Crippen LogP contribution in [0.1, 0.15) is 39.4 Å². The summed E-state index contributed by atoms with van der Waals surface area (Å²) in [6.07, 6.45) is 0. The number of nitrogens with two attached hydrogens (primary N) is 1. The second-order valence-corrected chi connectivity index (χ2v) is 5.29.